The van der Waals surface area contributed by atoms with Crippen LogP contribution < -0.4 is 4.74 Å². The molecule has 31 heavy (non-hydrogen) atoms. The Hall–Kier alpha value is -2.37. The lowest BCUT2D eigenvalue weighted by Crippen LogP contribution is -2.18. The Labute approximate surface area is 188 Å². The molecular weight excluding hydrogens is 408 g/mol. The van der Waals surface area contributed by atoms with Gasteiger partial charge in [-0.3, -0.25) is 4.79 Å². The highest BCUT2D eigenvalue weighted by molar-refractivity contribution is 7.22. The van der Waals surface area contributed by atoms with Crippen molar-refractivity contribution in [3.05, 3.63) is 54.1 Å². The van der Waals surface area contributed by atoms with Crippen molar-refractivity contribution in [2.45, 2.75) is 52.6 Å². The number of hydrogen-bond donors (Lipinski definition) is 1. The monoisotopic (exact) mass is 440 g/mol. The smallest absolute Gasteiger partial charge is 0.308 e. The van der Waals surface area contributed by atoms with E-state index in [1.54, 1.807) is 11.3 Å². The van der Waals surface area contributed by atoms with Gasteiger partial charge in [0.2, 0.25) is 0 Å². The molecule has 166 valence electrons. The topological polar surface area (TPSA) is 55.8 Å². The number of aryl methyl sites for hydroxylation is 1. The van der Waals surface area contributed by atoms with Gasteiger partial charge in [-0.2, -0.15) is 0 Å². The molecule has 0 radical (unpaired) electrons. The molecule has 0 spiro atoms. The molecule has 5 heteroatoms. The molecule has 2 aromatic carbocycles. The van der Waals surface area contributed by atoms with Crippen molar-refractivity contribution in [1.29, 1.82) is 0 Å². The Morgan fingerprint density at radius 3 is 2.55 bits per heavy atom. The van der Waals surface area contributed by atoms with Crippen LogP contribution in [0.1, 0.15) is 45.6 Å². The summed E-state index contributed by atoms with van der Waals surface area (Å²) in [5.74, 6) is 0.499. The zero-order chi connectivity index (χ0) is 22.2. The molecule has 0 aliphatic rings. The van der Waals surface area contributed by atoms with Gasteiger partial charge in [0.1, 0.15) is 12.4 Å². The van der Waals surface area contributed by atoms with Gasteiger partial charge < -0.3 is 14.6 Å². The van der Waals surface area contributed by atoms with Gasteiger partial charge in [0.15, 0.2) is 0 Å². The summed E-state index contributed by atoms with van der Waals surface area (Å²) in [6.07, 6.45) is 2.68. The minimum absolute atomic E-state index is 0.0997. The quantitative estimate of drug-likeness (QED) is 0.283. The van der Waals surface area contributed by atoms with E-state index < -0.39 is 6.10 Å². The molecule has 1 aromatic heterocycles. The second-order valence-corrected chi connectivity index (χ2v) is 9.23. The van der Waals surface area contributed by atoms with Gasteiger partial charge in [-0.05, 0) is 66.5 Å². The Morgan fingerprint density at radius 1 is 1.06 bits per heavy atom. The lowest BCUT2D eigenvalue weighted by atomic mass is 10.1. The average Bonchev–Trinajstić information content (AvgIpc) is 3.20. The van der Waals surface area contributed by atoms with Crippen LogP contribution in [0.25, 0.3) is 20.5 Å². The van der Waals surface area contributed by atoms with Crippen LogP contribution in [0.4, 0.5) is 0 Å². The number of aliphatic hydroxyl groups is 1. The zero-order valence-electron chi connectivity index (χ0n) is 18.6. The summed E-state index contributed by atoms with van der Waals surface area (Å²) in [4.78, 5) is 12.7. The van der Waals surface area contributed by atoms with Crippen LogP contribution in [-0.4, -0.2) is 30.4 Å². The number of unbranched alkanes of at least 4 members (excludes halogenated alkanes) is 1. The van der Waals surface area contributed by atoms with Crippen LogP contribution in [0.2, 0.25) is 0 Å². The highest BCUT2D eigenvalue weighted by atomic mass is 32.1. The number of carbonyl (C=O) groups is 1. The number of ether oxygens (including phenoxy) is 2. The zero-order valence-corrected chi connectivity index (χ0v) is 19.4. The van der Waals surface area contributed by atoms with E-state index >= 15 is 0 Å². The maximum Gasteiger partial charge on any atom is 0.308 e. The minimum atomic E-state index is -0.535. The van der Waals surface area contributed by atoms with Crippen molar-refractivity contribution >= 4 is 27.4 Å². The van der Waals surface area contributed by atoms with Crippen LogP contribution >= 0.6 is 11.3 Å². The number of hydrogen-bond acceptors (Lipinski definition) is 5. The van der Waals surface area contributed by atoms with E-state index in [9.17, 15) is 9.90 Å². The highest BCUT2D eigenvalue weighted by Gasteiger charge is 2.10. The van der Waals surface area contributed by atoms with Crippen molar-refractivity contribution in [1.82, 2.24) is 0 Å². The third-order valence-electron chi connectivity index (χ3n) is 5.23. The van der Waals surface area contributed by atoms with Gasteiger partial charge in [0.25, 0.3) is 0 Å². The molecule has 0 aliphatic carbocycles. The maximum absolute atomic E-state index is 11.4. The fourth-order valence-electron chi connectivity index (χ4n) is 3.25. The Bertz CT molecular complexity index is 975. The van der Waals surface area contributed by atoms with E-state index in [2.05, 4.69) is 43.3 Å². The maximum atomic E-state index is 11.4. The molecule has 0 saturated heterocycles. The largest absolute Gasteiger partial charge is 0.491 e. The summed E-state index contributed by atoms with van der Waals surface area (Å²) in [6, 6.07) is 17.0. The normalized spacial score (nSPS) is 12.3. The first kappa shape index (κ1) is 23.3. The van der Waals surface area contributed by atoms with Crippen molar-refractivity contribution in [3.8, 4) is 16.2 Å². The number of rotatable bonds is 11. The molecule has 1 N–H and O–H groups in total. The third kappa shape index (κ3) is 6.81. The summed E-state index contributed by atoms with van der Waals surface area (Å²) in [5.41, 5.74) is 2.58. The Kier molecular flexibility index (Phi) is 8.50. The number of aliphatic hydroxyl groups excluding tert-OH is 1. The lowest BCUT2D eigenvalue weighted by molar-refractivity contribution is -0.147. The predicted octanol–water partition coefficient (Wildman–Crippen LogP) is 6.24. The number of fused-ring (bicyclic) bond motifs is 1. The Morgan fingerprint density at radius 2 is 1.84 bits per heavy atom. The first-order valence-corrected chi connectivity index (χ1v) is 11.9. The average molecular weight is 441 g/mol. The van der Waals surface area contributed by atoms with Crippen LogP contribution in [0.3, 0.4) is 0 Å². The first-order chi connectivity index (χ1) is 15.0. The van der Waals surface area contributed by atoms with E-state index in [4.69, 9.17) is 9.47 Å². The molecule has 0 bridgehead atoms. The molecule has 1 heterocycles. The molecule has 0 fully saturated rings. The van der Waals surface area contributed by atoms with Crippen LogP contribution in [0.15, 0.2) is 48.5 Å². The number of carbonyl (C=O) groups excluding carboxylic acids is 1. The number of thiophene rings is 1. The Balaban J connectivity index is 1.47. The fraction of sp³-hybridized carbons (Fsp3) is 0.423. The number of esters is 1. The van der Waals surface area contributed by atoms with E-state index in [1.807, 2.05) is 26.0 Å². The van der Waals surface area contributed by atoms with Gasteiger partial charge in [0.05, 0.1) is 18.6 Å². The van der Waals surface area contributed by atoms with Gasteiger partial charge in [-0.25, -0.2) is 0 Å². The van der Waals surface area contributed by atoms with E-state index in [0.717, 1.165) is 25.0 Å². The standard InChI is InChI=1S/C26H32O4S/c1-4-19-8-10-20(11-9-19)24-15-21-12-13-23(16-25(21)31-24)30-17-22(27)7-5-6-14-29-26(28)18(2)3/h8-13,15-16,18,22,27H,4-7,14,17H2,1-3H3. The molecule has 4 nitrogen and oxygen atoms in total. The van der Waals surface area contributed by atoms with Gasteiger partial charge >= 0.3 is 5.97 Å². The van der Waals surface area contributed by atoms with Crippen molar-refractivity contribution in [2.75, 3.05) is 13.2 Å². The summed E-state index contributed by atoms with van der Waals surface area (Å²) >= 11 is 1.75. The molecule has 0 aliphatic heterocycles. The third-order valence-corrected chi connectivity index (χ3v) is 6.37. The highest BCUT2D eigenvalue weighted by Crippen LogP contribution is 2.35. The van der Waals surface area contributed by atoms with Crippen molar-refractivity contribution in [3.63, 3.8) is 0 Å². The van der Waals surface area contributed by atoms with Gasteiger partial charge in [0, 0.05) is 9.58 Å². The minimum Gasteiger partial charge on any atom is -0.491 e. The molecule has 0 saturated carbocycles. The summed E-state index contributed by atoms with van der Waals surface area (Å²) < 4.78 is 12.1. The lowest BCUT2D eigenvalue weighted by Gasteiger charge is -2.12. The molecular formula is C26H32O4S. The molecule has 3 aromatic rings. The molecule has 3 rings (SSSR count). The van der Waals surface area contributed by atoms with Crippen molar-refractivity contribution in [2.24, 2.45) is 5.92 Å². The molecule has 1 unspecified atom stereocenters. The fourth-order valence-corrected chi connectivity index (χ4v) is 4.34. The van der Waals surface area contributed by atoms with E-state index in [1.165, 1.54) is 26.1 Å². The van der Waals surface area contributed by atoms with Crippen molar-refractivity contribution < 1.29 is 19.4 Å². The molecule has 1 atom stereocenters. The van der Waals surface area contributed by atoms with Crippen LogP contribution in [0, 0.1) is 5.92 Å². The van der Waals surface area contributed by atoms with E-state index in [-0.39, 0.29) is 18.5 Å². The SMILES string of the molecule is CCc1ccc(-c2cc3ccc(OCC(O)CCCCOC(=O)C(C)C)cc3s2)cc1. The second-order valence-electron chi connectivity index (χ2n) is 8.14. The second kappa shape index (κ2) is 11.3. The van der Waals surface area contributed by atoms with Crippen LogP contribution in [-0.2, 0) is 16.0 Å². The van der Waals surface area contributed by atoms with E-state index in [0.29, 0.717) is 13.0 Å². The summed E-state index contributed by atoms with van der Waals surface area (Å²) in [6.45, 7) is 6.47. The van der Waals surface area contributed by atoms with Crippen LogP contribution in [0.5, 0.6) is 5.75 Å². The first-order valence-electron chi connectivity index (χ1n) is 11.1. The summed E-state index contributed by atoms with van der Waals surface area (Å²) in [5, 5.41) is 11.4. The summed E-state index contributed by atoms with van der Waals surface area (Å²) in [7, 11) is 0. The van der Waals surface area contributed by atoms with Gasteiger partial charge in [-0.1, -0.05) is 45.0 Å². The molecule has 0 amide bonds. The predicted molar refractivity (Wildman–Crippen MR) is 128 cm³/mol. The van der Waals surface area contributed by atoms with Gasteiger partial charge in [-0.15, -0.1) is 11.3 Å². The number of benzene rings is 2.